The Hall–Kier alpha value is -1.61. The van der Waals surface area contributed by atoms with Crippen LogP contribution in [0.5, 0.6) is 0 Å². The zero-order chi connectivity index (χ0) is 12.5. The van der Waals surface area contributed by atoms with Crippen LogP contribution >= 0.6 is 0 Å². The summed E-state index contributed by atoms with van der Waals surface area (Å²) in [5.41, 5.74) is -1.15. The number of hydrogen-bond acceptors (Lipinski definition) is 4. The second-order valence-electron chi connectivity index (χ2n) is 2.70. The van der Waals surface area contributed by atoms with Gasteiger partial charge in [0, 0.05) is 6.07 Å². The van der Waals surface area contributed by atoms with Crippen LogP contribution < -0.4 is 4.72 Å². The summed E-state index contributed by atoms with van der Waals surface area (Å²) in [5.74, 6) is -2.74. The van der Waals surface area contributed by atoms with Gasteiger partial charge < -0.3 is 0 Å². The first-order valence-electron chi connectivity index (χ1n) is 3.86. The molecule has 0 radical (unpaired) electrons. The van der Waals surface area contributed by atoms with Crippen LogP contribution in [0.4, 0.5) is 14.5 Å². The molecular formula is C7H6F2N2O4S. The van der Waals surface area contributed by atoms with E-state index in [1.807, 2.05) is 0 Å². The molecule has 0 atom stereocenters. The van der Waals surface area contributed by atoms with Gasteiger partial charge in [0.05, 0.1) is 11.0 Å². The van der Waals surface area contributed by atoms with Crippen molar-refractivity contribution in [3.8, 4) is 0 Å². The second-order valence-corrected chi connectivity index (χ2v) is 4.52. The molecule has 0 saturated heterocycles. The van der Waals surface area contributed by atoms with E-state index in [2.05, 4.69) is 0 Å². The van der Waals surface area contributed by atoms with Gasteiger partial charge in [0.1, 0.15) is 5.82 Å². The van der Waals surface area contributed by atoms with Crippen LogP contribution in [0.2, 0.25) is 0 Å². The van der Waals surface area contributed by atoms with Crippen LogP contribution in [-0.2, 0) is 10.0 Å². The highest BCUT2D eigenvalue weighted by atomic mass is 32.2. The van der Waals surface area contributed by atoms with Crippen LogP contribution in [0.15, 0.2) is 17.0 Å². The average Bonchev–Trinajstić information content (AvgIpc) is 2.15. The highest BCUT2D eigenvalue weighted by Gasteiger charge is 2.30. The van der Waals surface area contributed by atoms with Crippen LogP contribution in [0.3, 0.4) is 0 Å². The lowest BCUT2D eigenvalue weighted by molar-refractivity contribution is -0.388. The summed E-state index contributed by atoms with van der Waals surface area (Å²) < 4.78 is 50.2. The molecule has 0 spiro atoms. The Morgan fingerprint density at radius 3 is 2.38 bits per heavy atom. The fourth-order valence-corrected chi connectivity index (χ4v) is 1.98. The number of sulfonamides is 1. The van der Waals surface area contributed by atoms with E-state index in [-0.39, 0.29) is 6.07 Å². The van der Waals surface area contributed by atoms with Crippen LogP contribution in [0, 0.1) is 21.7 Å². The summed E-state index contributed by atoms with van der Waals surface area (Å²) in [6.07, 6.45) is 0. The first-order chi connectivity index (χ1) is 7.29. The number of nitrogens with one attached hydrogen (secondary N) is 1. The number of benzene rings is 1. The molecule has 0 saturated carbocycles. The molecule has 1 rings (SSSR count). The first-order valence-corrected chi connectivity index (χ1v) is 5.35. The van der Waals surface area contributed by atoms with Crippen molar-refractivity contribution in [1.29, 1.82) is 0 Å². The van der Waals surface area contributed by atoms with Crippen molar-refractivity contribution >= 4 is 15.7 Å². The fraction of sp³-hybridized carbons (Fsp3) is 0.143. The van der Waals surface area contributed by atoms with Gasteiger partial charge in [0.15, 0.2) is 10.7 Å². The summed E-state index contributed by atoms with van der Waals surface area (Å²) in [6.45, 7) is 0. The van der Waals surface area contributed by atoms with Gasteiger partial charge in [-0.2, -0.15) is 0 Å². The van der Waals surface area contributed by atoms with E-state index in [1.54, 1.807) is 4.72 Å². The molecule has 1 aromatic rings. The van der Waals surface area contributed by atoms with Gasteiger partial charge in [-0.25, -0.2) is 21.9 Å². The van der Waals surface area contributed by atoms with E-state index in [9.17, 15) is 27.3 Å². The van der Waals surface area contributed by atoms with Gasteiger partial charge in [0.2, 0.25) is 10.0 Å². The maximum Gasteiger partial charge on any atom is 0.295 e. The predicted octanol–water partition coefficient (Wildman–Crippen LogP) is 0.781. The summed E-state index contributed by atoms with van der Waals surface area (Å²) in [7, 11) is -3.39. The maximum absolute atomic E-state index is 13.2. The number of nitrogens with zero attached hydrogens (tertiary/aromatic N) is 1. The molecular weight excluding hydrogens is 246 g/mol. The van der Waals surface area contributed by atoms with E-state index in [4.69, 9.17) is 0 Å². The summed E-state index contributed by atoms with van der Waals surface area (Å²) >= 11 is 0. The van der Waals surface area contributed by atoms with Crippen LogP contribution in [0.25, 0.3) is 0 Å². The number of nitro benzene ring substituents is 1. The normalized spacial score (nSPS) is 11.4. The van der Waals surface area contributed by atoms with Gasteiger partial charge in [-0.15, -0.1) is 0 Å². The van der Waals surface area contributed by atoms with Crippen molar-refractivity contribution in [2.24, 2.45) is 0 Å². The Bertz CT molecular complexity index is 544. The molecule has 6 nitrogen and oxygen atoms in total. The Balaban J connectivity index is 3.67. The highest BCUT2D eigenvalue weighted by Crippen LogP contribution is 2.27. The Labute approximate surface area is 89.1 Å². The largest absolute Gasteiger partial charge is 0.295 e. The minimum atomic E-state index is -4.35. The fourth-order valence-electron chi connectivity index (χ4n) is 1.05. The van der Waals surface area contributed by atoms with Crippen LogP contribution in [-0.4, -0.2) is 20.4 Å². The molecule has 0 aromatic heterocycles. The van der Waals surface area contributed by atoms with Gasteiger partial charge in [-0.1, -0.05) is 0 Å². The molecule has 0 amide bonds. The van der Waals surface area contributed by atoms with E-state index < -0.39 is 37.2 Å². The quantitative estimate of drug-likeness (QED) is 0.635. The monoisotopic (exact) mass is 252 g/mol. The minimum absolute atomic E-state index is 0.261. The van der Waals surface area contributed by atoms with Crippen molar-refractivity contribution in [3.63, 3.8) is 0 Å². The van der Waals surface area contributed by atoms with Gasteiger partial charge in [-0.05, 0) is 7.05 Å². The molecule has 0 heterocycles. The third-order valence-corrected chi connectivity index (χ3v) is 3.20. The molecule has 0 aliphatic heterocycles. The summed E-state index contributed by atoms with van der Waals surface area (Å²) in [6, 6.07) is 0.602. The number of hydrogen-bond donors (Lipinski definition) is 1. The standard InChI is InChI=1S/C7H6F2N2O4S/c1-10-16(14,15)7-5(9)2-4(8)3-6(7)11(12)13/h2-3,10H,1H3. The summed E-state index contributed by atoms with van der Waals surface area (Å²) in [4.78, 5) is 8.12. The molecule has 16 heavy (non-hydrogen) atoms. The predicted molar refractivity (Wildman–Crippen MR) is 49.3 cm³/mol. The minimum Gasteiger partial charge on any atom is -0.258 e. The zero-order valence-electron chi connectivity index (χ0n) is 7.90. The number of rotatable bonds is 3. The van der Waals surface area contributed by atoms with E-state index in [0.717, 1.165) is 7.05 Å². The lowest BCUT2D eigenvalue weighted by atomic mass is 10.3. The first kappa shape index (κ1) is 12.5. The highest BCUT2D eigenvalue weighted by molar-refractivity contribution is 7.89. The van der Waals surface area contributed by atoms with Crippen molar-refractivity contribution in [3.05, 3.63) is 33.9 Å². The van der Waals surface area contributed by atoms with E-state index in [0.29, 0.717) is 6.07 Å². The SMILES string of the molecule is CNS(=O)(=O)c1c(F)cc(F)cc1[N+](=O)[O-]. The van der Waals surface area contributed by atoms with Gasteiger partial charge in [-0.3, -0.25) is 10.1 Å². The summed E-state index contributed by atoms with van der Waals surface area (Å²) in [5, 5.41) is 10.5. The topological polar surface area (TPSA) is 89.3 Å². The third-order valence-electron chi connectivity index (χ3n) is 1.72. The van der Waals surface area contributed by atoms with Crippen LogP contribution in [0.1, 0.15) is 0 Å². The smallest absolute Gasteiger partial charge is 0.258 e. The van der Waals surface area contributed by atoms with Crippen molar-refractivity contribution < 1.29 is 22.1 Å². The number of halogens is 2. The van der Waals surface area contributed by atoms with E-state index >= 15 is 0 Å². The third kappa shape index (κ3) is 2.14. The molecule has 0 aliphatic rings. The van der Waals surface area contributed by atoms with Gasteiger partial charge >= 0.3 is 0 Å². The Morgan fingerprint density at radius 2 is 1.94 bits per heavy atom. The van der Waals surface area contributed by atoms with E-state index in [1.165, 1.54) is 0 Å². The molecule has 0 bridgehead atoms. The average molecular weight is 252 g/mol. The molecule has 0 fully saturated rings. The molecule has 1 aromatic carbocycles. The zero-order valence-corrected chi connectivity index (χ0v) is 8.72. The molecule has 88 valence electrons. The lowest BCUT2D eigenvalue weighted by Crippen LogP contribution is -2.21. The Morgan fingerprint density at radius 1 is 1.38 bits per heavy atom. The maximum atomic E-state index is 13.2. The van der Waals surface area contributed by atoms with Gasteiger partial charge in [0.25, 0.3) is 5.69 Å². The second kappa shape index (κ2) is 4.10. The molecule has 1 N–H and O–H groups in total. The lowest BCUT2D eigenvalue weighted by Gasteiger charge is -2.04. The Kier molecular flexibility index (Phi) is 3.19. The van der Waals surface area contributed by atoms with Crippen molar-refractivity contribution in [2.75, 3.05) is 7.05 Å². The van der Waals surface area contributed by atoms with Crippen molar-refractivity contribution in [2.45, 2.75) is 4.90 Å². The van der Waals surface area contributed by atoms with Crippen molar-refractivity contribution in [1.82, 2.24) is 4.72 Å². The molecule has 9 heteroatoms. The molecule has 0 aliphatic carbocycles. The molecule has 0 unspecified atom stereocenters. The number of nitro groups is 1.